The Morgan fingerprint density at radius 2 is 1.69 bits per heavy atom. The van der Waals surface area contributed by atoms with Crippen LogP contribution < -0.4 is 5.32 Å². The molecule has 3 aromatic rings. The van der Waals surface area contributed by atoms with Crippen LogP contribution >= 0.6 is 0 Å². The van der Waals surface area contributed by atoms with E-state index in [1.807, 2.05) is 93.4 Å². The molecular weight excluding hydrogens is 581 g/mol. The molecule has 0 radical (unpaired) electrons. The predicted octanol–water partition coefficient (Wildman–Crippen LogP) is 8.29. The molecule has 1 aliphatic rings. The van der Waals surface area contributed by atoms with E-state index in [4.69, 9.17) is 9.16 Å². The summed E-state index contributed by atoms with van der Waals surface area (Å²) < 4.78 is 13.1. The number of nitrogens with zero attached hydrogens (tertiary/aromatic N) is 3. The minimum Gasteiger partial charge on any atom is -0.444 e. The smallest absolute Gasteiger partial charge is 0.410 e. The van der Waals surface area contributed by atoms with Gasteiger partial charge < -0.3 is 14.5 Å². The number of anilines is 1. The van der Waals surface area contributed by atoms with Gasteiger partial charge in [0.25, 0.3) is 0 Å². The number of aromatic nitrogens is 2. The van der Waals surface area contributed by atoms with Crippen LogP contribution in [0.4, 0.5) is 10.5 Å². The highest BCUT2D eigenvalue weighted by Crippen LogP contribution is 2.44. The van der Waals surface area contributed by atoms with Gasteiger partial charge in [-0.3, -0.25) is 19.7 Å². The summed E-state index contributed by atoms with van der Waals surface area (Å²) in [6.45, 7) is 18.7. The fraction of sp³-hybridized carbons (Fsp3) is 0.500. The third-order valence-corrected chi connectivity index (χ3v) is 13.4. The van der Waals surface area contributed by atoms with Gasteiger partial charge in [0.15, 0.2) is 8.32 Å². The van der Waals surface area contributed by atoms with Crippen LogP contribution in [0.5, 0.6) is 0 Å². The van der Waals surface area contributed by atoms with Gasteiger partial charge in [-0.15, -0.1) is 0 Å². The van der Waals surface area contributed by atoms with Crippen LogP contribution in [0.2, 0.25) is 18.1 Å². The van der Waals surface area contributed by atoms with Crippen LogP contribution in [0, 0.1) is 0 Å². The number of amides is 2. The SMILES string of the molecule is C[C@@H](C(=O)Nc1ccc(C[C@@H]2CC[C@H]([C@H](O[Si](C)(C)C(C)(C)C)c3cccnc3)N2C(=O)OC(C)(C)C)cc1)c1ccccn1. The molecule has 1 saturated heterocycles. The first kappa shape index (κ1) is 34.3. The summed E-state index contributed by atoms with van der Waals surface area (Å²) in [4.78, 5) is 37.4. The van der Waals surface area contributed by atoms with Gasteiger partial charge in [0.1, 0.15) is 5.60 Å². The molecule has 1 fully saturated rings. The van der Waals surface area contributed by atoms with E-state index < -0.39 is 13.9 Å². The van der Waals surface area contributed by atoms with Gasteiger partial charge in [0.05, 0.1) is 23.8 Å². The molecule has 4 atom stereocenters. The number of likely N-dealkylation sites (tertiary alicyclic amines) is 1. The van der Waals surface area contributed by atoms with Gasteiger partial charge >= 0.3 is 6.09 Å². The Hall–Kier alpha value is -3.56. The second-order valence-electron chi connectivity index (χ2n) is 14.6. The fourth-order valence-corrected chi connectivity index (χ4v) is 6.71. The van der Waals surface area contributed by atoms with Crippen molar-refractivity contribution < 1.29 is 18.8 Å². The highest BCUT2D eigenvalue weighted by Gasteiger charge is 2.47. The number of rotatable bonds is 9. The molecule has 0 spiro atoms. The average molecular weight is 631 g/mol. The van der Waals surface area contributed by atoms with Gasteiger partial charge in [-0.25, -0.2) is 4.79 Å². The van der Waals surface area contributed by atoms with E-state index in [1.54, 1.807) is 12.4 Å². The Labute approximate surface area is 270 Å². The highest BCUT2D eigenvalue weighted by molar-refractivity contribution is 6.74. The van der Waals surface area contributed by atoms with Crippen LogP contribution in [-0.2, 0) is 20.4 Å². The molecule has 4 rings (SSSR count). The van der Waals surface area contributed by atoms with Crippen molar-refractivity contribution >= 4 is 26.0 Å². The Morgan fingerprint density at radius 1 is 0.978 bits per heavy atom. The zero-order valence-electron chi connectivity index (χ0n) is 28.3. The quantitative estimate of drug-likeness (QED) is 0.239. The first-order valence-electron chi connectivity index (χ1n) is 16.0. The number of benzene rings is 1. The third-order valence-electron chi connectivity index (χ3n) is 8.96. The van der Waals surface area contributed by atoms with Crippen molar-refractivity contribution in [1.82, 2.24) is 14.9 Å². The van der Waals surface area contributed by atoms with Crippen LogP contribution in [0.25, 0.3) is 0 Å². The lowest BCUT2D eigenvalue weighted by atomic mass is 10.0. The first-order chi connectivity index (χ1) is 21.1. The van der Waals surface area contributed by atoms with Crippen LogP contribution in [0.15, 0.2) is 73.2 Å². The molecule has 1 aromatic carbocycles. The third kappa shape index (κ3) is 8.79. The van der Waals surface area contributed by atoms with Crippen LogP contribution in [-0.4, -0.2) is 52.9 Å². The van der Waals surface area contributed by atoms with E-state index >= 15 is 0 Å². The Bertz CT molecular complexity index is 1420. The zero-order chi connectivity index (χ0) is 33.0. The maximum atomic E-state index is 13.9. The molecule has 45 heavy (non-hydrogen) atoms. The molecule has 0 saturated carbocycles. The molecule has 1 N–H and O–H groups in total. The molecule has 3 heterocycles. The van der Waals surface area contributed by atoms with E-state index in [1.165, 1.54) is 0 Å². The van der Waals surface area contributed by atoms with Gasteiger partial charge in [-0.1, -0.05) is 45.0 Å². The van der Waals surface area contributed by atoms with Gasteiger partial charge in [-0.2, -0.15) is 0 Å². The molecule has 8 nitrogen and oxygen atoms in total. The van der Waals surface area contributed by atoms with Gasteiger partial charge in [0.2, 0.25) is 5.91 Å². The first-order valence-corrected chi connectivity index (χ1v) is 18.9. The van der Waals surface area contributed by atoms with Crippen molar-refractivity contribution in [2.45, 2.75) is 116 Å². The van der Waals surface area contributed by atoms with Crippen molar-refractivity contribution in [2.75, 3.05) is 5.32 Å². The van der Waals surface area contributed by atoms with Crippen molar-refractivity contribution in [3.63, 3.8) is 0 Å². The number of carbonyl (C=O) groups excluding carboxylic acids is 2. The van der Waals surface area contributed by atoms with Gasteiger partial charge in [-0.05, 0) is 107 Å². The molecule has 242 valence electrons. The number of pyridine rings is 2. The largest absolute Gasteiger partial charge is 0.444 e. The van der Waals surface area contributed by atoms with E-state index in [2.05, 4.69) is 49.1 Å². The average Bonchev–Trinajstić information content (AvgIpc) is 3.39. The Balaban J connectivity index is 1.57. The van der Waals surface area contributed by atoms with Gasteiger partial charge in [0, 0.05) is 30.3 Å². The molecule has 0 bridgehead atoms. The summed E-state index contributed by atoms with van der Waals surface area (Å²) in [6, 6.07) is 17.2. The molecule has 2 amide bonds. The number of nitrogens with one attached hydrogen (secondary N) is 1. The van der Waals surface area contributed by atoms with E-state index in [0.717, 1.165) is 35.3 Å². The molecule has 0 aliphatic carbocycles. The molecule has 0 unspecified atom stereocenters. The number of hydrogen-bond donors (Lipinski definition) is 1. The predicted molar refractivity (Wildman–Crippen MR) is 182 cm³/mol. The second-order valence-corrected chi connectivity index (χ2v) is 19.4. The Morgan fingerprint density at radius 3 is 2.27 bits per heavy atom. The van der Waals surface area contributed by atoms with Crippen molar-refractivity contribution in [2.24, 2.45) is 0 Å². The fourth-order valence-electron chi connectivity index (χ4n) is 5.43. The summed E-state index contributed by atoms with van der Waals surface area (Å²) in [7, 11) is -2.22. The molecule has 9 heteroatoms. The standard InChI is InChI=1S/C36H50N4O4Si/c1-25(30-14-10-11-22-38-30)33(41)39-28-17-15-26(16-18-28)23-29-19-20-31(40(29)34(42)43-35(2,3)4)32(27-13-12-21-37-24-27)44-45(8,9)36(5,6)7/h10-18,21-22,24-25,29,31-32H,19-20,23H2,1-9H3,(H,39,41)/t25-,29+,31-,32-/m1/s1. The van der Waals surface area contributed by atoms with Crippen molar-refractivity contribution in [1.29, 1.82) is 0 Å². The van der Waals surface area contributed by atoms with E-state index in [9.17, 15) is 9.59 Å². The number of hydrogen-bond acceptors (Lipinski definition) is 6. The highest BCUT2D eigenvalue weighted by atomic mass is 28.4. The summed E-state index contributed by atoms with van der Waals surface area (Å²) in [5.41, 5.74) is 2.87. The maximum Gasteiger partial charge on any atom is 0.410 e. The number of ether oxygens (including phenoxy) is 1. The van der Waals surface area contributed by atoms with Crippen LogP contribution in [0.3, 0.4) is 0 Å². The van der Waals surface area contributed by atoms with Crippen molar-refractivity contribution in [3.8, 4) is 0 Å². The lowest BCUT2D eigenvalue weighted by Gasteiger charge is -2.43. The zero-order valence-corrected chi connectivity index (χ0v) is 29.3. The minimum atomic E-state index is -2.22. The summed E-state index contributed by atoms with van der Waals surface area (Å²) in [5.74, 6) is -0.482. The second kappa shape index (κ2) is 13.8. The minimum absolute atomic E-state index is 0.00518. The van der Waals surface area contributed by atoms with Crippen LogP contribution in [0.1, 0.15) is 90.2 Å². The molecule has 2 aromatic heterocycles. The van der Waals surface area contributed by atoms with Crippen molar-refractivity contribution in [3.05, 3.63) is 90.0 Å². The lowest BCUT2D eigenvalue weighted by Crippen LogP contribution is -2.50. The lowest BCUT2D eigenvalue weighted by molar-refractivity contribution is -0.117. The Kier molecular flexibility index (Phi) is 10.5. The maximum absolute atomic E-state index is 13.9. The molecule has 1 aliphatic heterocycles. The summed E-state index contributed by atoms with van der Waals surface area (Å²) >= 11 is 0. The molecular formula is C36H50N4O4Si. The summed E-state index contributed by atoms with van der Waals surface area (Å²) in [6.07, 6.45) is 6.95. The summed E-state index contributed by atoms with van der Waals surface area (Å²) in [5, 5.41) is 3.00. The van der Waals surface area contributed by atoms with E-state index in [0.29, 0.717) is 6.42 Å². The van der Waals surface area contributed by atoms with E-state index in [-0.39, 0.29) is 41.1 Å². The topological polar surface area (TPSA) is 93.7 Å². The normalized spacial score (nSPS) is 18.7. The number of carbonyl (C=O) groups is 2. The monoisotopic (exact) mass is 630 g/mol.